The summed E-state index contributed by atoms with van der Waals surface area (Å²) >= 11 is 1.83. The zero-order valence-electron chi connectivity index (χ0n) is 11.6. The highest BCUT2D eigenvalue weighted by molar-refractivity contribution is 7.99. The predicted octanol–water partition coefficient (Wildman–Crippen LogP) is 2.20. The third kappa shape index (κ3) is 3.98. The van der Waals surface area contributed by atoms with Crippen LogP contribution in [0.2, 0.25) is 0 Å². The summed E-state index contributed by atoms with van der Waals surface area (Å²) in [5, 5.41) is 16.1. The fourth-order valence-corrected chi connectivity index (χ4v) is 2.62. The van der Waals surface area contributed by atoms with Crippen LogP contribution in [0.3, 0.4) is 0 Å². The van der Waals surface area contributed by atoms with Crippen molar-refractivity contribution >= 4 is 34.4 Å². The SMILES string of the molecule is CNc1nc(NCCSCCCO)c2ccccc2n1. The number of anilines is 2. The number of hydrogen-bond donors (Lipinski definition) is 3. The number of aromatic nitrogens is 2. The Kier molecular flexibility index (Phi) is 5.88. The maximum absolute atomic E-state index is 8.72. The monoisotopic (exact) mass is 292 g/mol. The molecule has 20 heavy (non-hydrogen) atoms. The molecule has 1 aromatic heterocycles. The van der Waals surface area contributed by atoms with Gasteiger partial charge in [0.1, 0.15) is 5.82 Å². The average molecular weight is 292 g/mol. The fraction of sp³-hybridized carbons (Fsp3) is 0.429. The molecule has 0 aliphatic heterocycles. The van der Waals surface area contributed by atoms with Crippen molar-refractivity contribution in [1.82, 2.24) is 9.97 Å². The van der Waals surface area contributed by atoms with E-state index in [2.05, 4.69) is 20.6 Å². The van der Waals surface area contributed by atoms with Crippen LogP contribution in [0.25, 0.3) is 10.9 Å². The van der Waals surface area contributed by atoms with Crippen LogP contribution in [0, 0.1) is 0 Å². The highest BCUT2D eigenvalue weighted by atomic mass is 32.2. The minimum absolute atomic E-state index is 0.266. The molecule has 0 amide bonds. The summed E-state index contributed by atoms with van der Waals surface area (Å²) in [4.78, 5) is 8.90. The molecule has 0 bridgehead atoms. The van der Waals surface area contributed by atoms with Crippen LogP contribution in [0.15, 0.2) is 24.3 Å². The molecule has 1 heterocycles. The molecule has 0 aliphatic rings. The van der Waals surface area contributed by atoms with E-state index in [1.807, 2.05) is 43.1 Å². The molecule has 6 heteroatoms. The smallest absolute Gasteiger partial charge is 0.224 e. The summed E-state index contributed by atoms with van der Waals surface area (Å²) < 4.78 is 0. The van der Waals surface area contributed by atoms with Gasteiger partial charge in [0.15, 0.2) is 0 Å². The van der Waals surface area contributed by atoms with Crippen LogP contribution in [-0.2, 0) is 0 Å². The summed E-state index contributed by atoms with van der Waals surface area (Å²) in [6.07, 6.45) is 0.852. The first-order valence-corrected chi connectivity index (χ1v) is 7.87. The Morgan fingerprint density at radius 1 is 1.20 bits per heavy atom. The van der Waals surface area contributed by atoms with Crippen molar-refractivity contribution in [2.24, 2.45) is 0 Å². The third-order valence-electron chi connectivity index (χ3n) is 2.81. The lowest BCUT2D eigenvalue weighted by molar-refractivity contribution is 0.296. The van der Waals surface area contributed by atoms with Crippen molar-refractivity contribution < 1.29 is 5.11 Å². The summed E-state index contributed by atoms with van der Waals surface area (Å²) in [7, 11) is 1.82. The first-order valence-electron chi connectivity index (χ1n) is 6.72. The van der Waals surface area contributed by atoms with Gasteiger partial charge in [-0.15, -0.1) is 0 Å². The standard InChI is InChI=1S/C14H20N4OS/c1-15-14-17-12-6-3-2-5-11(12)13(18-14)16-7-10-20-9-4-8-19/h2-3,5-6,19H,4,7-10H2,1H3,(H2,15,16,17,18). The summed E-state index contributed by atoms with van der Waals surface area (Å²) in [5.74, 6) is 3.47. The molecule has 0 fully saturated rings. The number of aliphatic hydroxyl groups excluding tert-OH is 1. The molecule has 5 nitrogen and oxygen atoms in total. The van der Waals surface area contributed by atoms with Crippen LogP contribution in [0.5, 0.6) is 0 Å². The van der Waals surface area contributed by atoms with Gasteiger partial charge in [-0.25, -0.2) is 4.98 Å². The Morgan fingerprint density at radius 3 is 2.85 bits per heavy atom. The van der Waals surface area contributed by atoms with Crippen LogP contribution >= 0.6 is 11.8 Å². The maximum Gasteiger partial charge on any atom is 0.224 e. The van der Waals surface area contributed by atoms with E-state index < -0.39 is 0 Å². The van der Waals surface area contributed by atoms with Gasteiger partial charge < -0.3 is 15.7 Å². The van der Waals surface area contributed by atoms with E-state index in [9.17, 15) is 0 Å². The van der Waals surface area contributed by atoms with Crippen molar-refractivity contribution in [2.75, 3.05) is 42.3 Å². The van der Waals surface area contributed by atoms with Gasteiger partial charge in [-0.1, -0.05) is 12.1 Å². The van der Waals surface area contributed by atoms with Gasteiger partial charge in [0, 0.05) is 31.3 Å². The van der Waals surface area contributed by atoms with E-state index in [1.165, 1.54) is 0 Å². The van der Waals surface area contributed by atoms with Gasteiger partial charge in [-0.3, -0.25) is 0 Å². The highest BCUT2D eigenvalue weighted by Gasteiger charge is 2.05. The molecular formula is C14H20N4OS. The number of nitrogens with zero attached hydrogens (tertiary/aromatic N) is 2. The zero-order chi connectivity index (χ0) is 14.2. The Hall–Kier alpha value is -1.53. The van der Waals surface area contributed by atoms with E-state index in [0.29, 0.717) is 5.95 Å². The Morgan fingerprint density at radius 2 is 2.05 bits per heavy atom. The second-order valence-corrected chi connectivity index (χ2v) is 5.50. The number of benzene rings is 1. The number of nitrogens with one attached hydrogen (secondary N) is 2. The number of hydrogen-bond acceptors (Lipinski definition) is 6. The van der Waals surface area contributed by atoms with Crippen LogP contribution in [0.4, 0.5) is 11.8 Å². The Labute approximate surface area is 123 Å². The fourth-order valence-electron chi connectivity index (χ4n) is 1.83. The predicted molar refractivity (Wildman–Crippen MR) is 86.6 cm³/mol. The van der Waals surface area contributed by atoms with Crippen molar-refractivity contribution in [3.63, 3.8) is 0 Å². The van der Waals surface area contributed by atoms with Gasteiger partial charge in [0.05, 0.1) is 5.52 Å². The molecule has 1 aromatic carbocycles. The Balaban J connectivity index is 2.01. The molecule has 2 rings (SSSR count). The van der Waals surface area contributed by atoms with Crippen molar-refractivity contribution in [3.8, 4) is 0 Å². The molecule has 2 aromatic rings. The van der Waals surface area contributed by atoms with Gasteiger partial charge in [-0.2, -0.15) is 16.7 Å². The lowest BCUT2D eigenvalue weighted by Crippen LogP contribution is -2.09. The number of thioether (sulfide) groups is 1. The second kappa shape index (κ2) is 7.91. The quantitative estimate of drug-likeness (QED) is 0.648. The van der Waals surface area contributed by atoms with Crippen molar-refractivity contribution in [1.29, 1.82) is 0 Å². The lowest BCUT2D eigenvalue weighted by atomic mass is 10.2. The topological polar surface area (TPSA) is 70.1 Å². The van der Waals surface area contributed by atoms with Gasteiger partial charge in [-0.05, 0) is 24.3 Å². The molecule has 0 saturated carbocycles. The molecular weight excluding hydrogens is 272 g/mol. The van der Waals surface area contributed by atoms with Crippen LogP contribution in [0.1, 0.15) is 6.42 Å². The summed E-state index contributed by atoms with van der Waals surface area (Å²) in [6, 6.07) is 7.98. The minimum Gasteiger partial charge on any atom is -0.396 e. The van der Waals surface area contributed by atoms with Gasteiger partial charge in [0.25, 0.3) is 0 Å². The number of para-hydroxylation sites is 1. The lowest BCUT2D eigenvalue weighted by Gasteiger charge is -2.10. The van der Waals surface area contributed by atoms with E-state index in [0.717, 1.165) is 41.2 Å². The normalized spacial score (nSPS) is 10.7. The van der Waals surface area contributed by atoms with E-state index >= 15 is 0 Å². The van der Waals surface area contributed by atoms with E-state index in [1.54, 1.807) is 0 Å². The van der Waals surface area contributed by atoms with Crippen LogP contribution in [-0.4, -0.2) is 46.8 Å². The largest absolute Gasteiger partial charge is 0.396 e. The van der Waals surface area contributed by atoms with E-state index in [-0.39, 0.29) is 6.61 Å². The molecule has 108 valence electrons. The number of fused-ring (bicyclic) bond motifs is 1. The van der Waals surface area contributed by atoms with Crippen molar-refractivity contribution in [2.45, 2.75) is 6.42 Å². The second-order valence-electron chi connectivity index (χ2n) is 4.28. The average Bonchev–Trinajstić information content (AvgIpc) is 2.50. The summed E-state index contributed by atoms with van der Waals surface area (Å²) in [6.45, 7) is 1.11. The zero-order valence-corrected chi connectivity index (χ0v) is 12.4. The highest BCUT2D eigenvalue weighted by Crippen LogP contribution is 2.21. The molecule has 0 saturated heterocycles. The number of rotatable bonds is 8. The molecule has 0 atom stereocenters. The minimum atomic E-state index is 0.266. The number of aliphatic hydroxyl groups is 1. The first kappa shape index (κ1) is 14.9. The molecule has 0 radical (unpaired) electrons. The van der Waals surface area contributed by atoms with E-state index in [4.69, 9.17) is 5.11 Å². The van der Waals surface area contributed by atoms with Gasteiger partial charge in [0.2, 0.25) is 5.95 Å². The summed E-state index contributed by atoms with van der Waals surface area (Å²) in [5.41, 5.74) is 0.933. The first-order chi connectivity index (χ1) is 9.85. The Bertz CT molecular complexity index is 550. The molecule has 3 N–H and O–H groups in total. The molecule has 0 spiro atoms. The van der Waals surface area contributed by atoms with Crippen LogP contribution < -0.4 is 10.6 Å². The third-order valence-corrected chi connectivity index (χ3v) is 3.88. The van der Waals surface area contributed by atoms with Crippen molar-refractivity contribution in [3.05, 3.63) is 24.3 Å². The molecule has 0 unspecified atom stereocenters. The van der Waals surface area contributed by atoms with Gasteiger partial charge >= 0.3 is 0 Å². The maximum atomic E-state index is 8.72. The molecule has 0 aliphatic carbocycles.